The average molecular weight is 605 g/mol. The fourth-order valence-electron chi connectivity index (χ4n) is 4.24. The molecule has 0 unspecified atom stereocenters. The first kappa shape index (κ1) is 31.5. The van der Waals surface area contributed by atoms with Gasteiger partial charge < -0.3 is 10.2 Å². The predicted octanol–water partition coefficient (Wildman–Crippen LogP) is 5.81. The largest absolute Gasteiger partial charge is 0.354 e. The second-order valence-corrected chi connectivity index (χ2v) is 12.4. The number of sulfonamides is 1. The van der Waals surface area contributed by atoms with Gasteiger partial charge in [0.15, 0.2) is 0 Å². The highest BCUT2D eigenvalue weighted by molar-refractivity contribution is 7.92. The molecule has 0 aliphatic heterocycles. The Bertz CT molecular complexity index is 1390. The summed E-state index contributed by atoms with van der Waals surface area (Å²) in [4.78, 5) is 28.7. The summed E-state index contributed by atoms with van der Waals surface area (Å²) in [5, 5.41) is 3.08. The monoisotopic (exact) mass is 603 g/mol. The fourth-order valence-corrected chi connectivity index (χ4v) is 6.13. The minimum Gasteiger partial charge on any atom is -0.354 e. The number of anilines is 1. The van der Waals surface area contributed by atoms with Crippen molar-refractivity contribution < 1.29 is 18.0 Å². The number of carbonyl (C=O) groups is 2. The first-order valence-corrected chi connectivity index (χ1v) is 15.4. The van der Waals surface area contributed by atoms with Crippen molar-refractivity contribution in [2.45, 2.75) is 44.6 Å². The van der Waals surface area contributed by atoms with Crippen molar-refractivity contribution in [3.8, 4) is 0 Å². The Balaban J connectivity index is 2.02. The maximum absolute atomic E-state index is 14.0. The molecule has 1 N–H and O–H groups in total. The van der Waals surface area contributed by atoms with E-state index < -0.39 is 28.5 Å². The number of nitrogens with one attached hydrogen (secondary N) is 1. The standard InChI is InChI=1S/C30H35Cl2N3O4S/c1-4-26(30(37)33-20-22(2)3)34(19-18-23-12-7-5-8-13-23)28(36)21-35(27-17-11-16-25(31)29(27)32)40(38,39)24-14-9-6-10-15-24/h5-17,22,26H,4,18-21H2,1-3H3,(H,33,37)/t26-/m0/s1. The minimum atomic E-state index is -4.22. The van der Waals surface area contributed by atoms with Crippen LogP contribution in [0.1, 0.15) is 32.8 Å². The summed E-state index contributed by atoms with van der Waals surface area (Å²) in [5.74, 6) is -0.583. The molecule has 10 heteroatoms. The second-order valence-electron chi connectivity index (χ2n) is 9.78. The quantitative estimate of drug-likeness (QED) is 0.267. The van der Waals surface area contributed by atoms with Crippen molar-refractivity contribution in [2.75, 3.05) is 23.9 Å². The molecular formula is C30H35Cl2N3O4S. The van der Waals surface area contributed by atoms with E-state index in [1.807, 2.05) is 51.1 Å². The zero-order valence-corrected chi connectivity index (χ0v) is 25.2. The average Bonchev–Trinajstić information content (AvgIpc) is 2.95. The van der Waals surface area contributed by atoms with Crippen molar-refractivity contribution in [1.29, 1.82) is 0 Å². The van der Waals surface area contributed by atoms with Gasteiger partial charge in [-0.2, -0.15) is 0 Å². The van der Waals surface area contributed by atoms with E-state index in [-0.39, 0.29) is 39.0 Å². The molecule has 0 aromatic heterocycles. The summed E-state index contributed by atoms with van der Waals surface area (Å²) in [7, 11) is -4.22. The van der Waals surface area contributed by atoms with E-state index in [0.29, 0.717) is 19.4 Å². The lowest BCUT2D eigenvalue weighted by atomic mass is 10.1. The topological polar surface area (TPSA) is 86.8 Å². The molecule has 0 aliphatic carbocycles. The van der Waals surface area contributed by atoms with Crippen molar-refractivity contribution >= 4 is 50.7 Å². The molecule has 2 amide bonds. The first-order valence-electron chi connectivity index (χ1n) is 13.2. The van der Waals surface area contributed by atoms with Crippen LogP contribution >= 0.6 is 23.2 Å². The minimum absolute atomic E-state index is 0.00334. The third kappa shape index (κ3) is 7.99. The van der Waals surface area contributed by atoms with E-state index in [1.165, 1.54) is 23.1 Å². The molecule has 1 atom stereocenters. The molecule has 214 valence electrons. The molecule has 0 aliphatic rings. The zero-order chi connectivity index (χ0) is 29.3. The van der Waals surface area contributed by atoms with Crippen LogP contribution in [0.15, 0.2) is 83.8 Å². The second kappa shape index (κ2) is 14.5. The van der Waals surface area contributed by atoms with Crippen LogP contribution in [-0.2, 0) is 26.0 Å². The van der Waals surface area contributed by atoms with Gasteiger partial charge in [0, 0.05) is 13.1 Å². The van der Waals surface area contributed by atoms with Crippen molar-refractivity contribution in [2.24, 2.45) is 5.92 Å². The number of hydrogen-bond donors (Lipinski definition) is 1. The normalized spacial score (nSPS) is 12.2. The zero-order valence-electron chi connectivity index (χ0n) is 22.9. The number of rotatable bonds is 13. The van der Waals surface area contributed by atoms with Gasteiger partial charge in [0.05, 0.1) is 20.6 Å². The van der Waals surface area contributed by atoms with E-state index >= 15 is 0 Å². The highest BCUT2D eigenvalue weighted by Gasteiger charge is 2.34. The van der Waals surface area contributed by atoms with E-state index in [0.717, 1.165) is 9.87 Å². The lowest BCUT2D eigenvalue weighted by Gasteiger charge is -2.33. The van der Waals surface area contributed by atoms with E-state index in [4.69, 9.17) is 23.2 Å². The summed E-state index contributed by atoms with van der Waals surface area (Å²) in [5.41, 5.74) is 1.07. The molecule has 7 nitrogen and oxygen atoms in total. The van der Waals surface area contributed by atoms with Crippen molar-refractivity contribution in [3.63, 3.8) is 0 Å². The molecule has 0 heterocycles. The Morgan fingerprint density at radius 3 is 2.12 bits per heavy atom. The Morgan fingerprint density at radius 1 is 0.900 bits per heavy atom. The van der Waals surface area contributed by atoms with Gasteiger partial charge in [-0.15, -0.1) is 0 Å². The molecule has 3 aromatic rings. The van der Waals surface area contributed by atoms with Crippen molar-refractivity contribution in [3.05, 3.63) is 94.5 Å². The lowest BCUT2D eigenvalue weighted by Crippen LogP contribution is -2.53. The van der Waals surface area contributed by atoms with Gasteiger partial charge in [0.25, 0.3) is 10.0 Å². The molecule has 0 spiro atoms. The molecular weight excluding hydrogens is 569 g/mol. The highest BCUT2D eigenvalue weighted by atomic mass is 35.5. The summed E-state index contributed by atoms with van der Waals surface area (Å²) in [6.07, 6.45) is 0.845. The highest BCUT2D eigenvalue weighted by Crippen LogP contribution is 2.35. The van der Waals surface area contributed by atoms with E-state index in [2.05, 4.69) is 5.32 Å². The van der Waals surface area contributed by atoms with Gasteiger partial charge in [-0.05, 0) is 48.6 Å². The van der Waals surface area contributed by atoms with Crippen LogP contribution in [0.5, 0.6) is 0 Å². The van der Waals surface area contributed by atoms with Crippen LogP contribution < -0.4 is 9.62 Å². The van der Waals surface area contributed by atoms with Gasteiger partial charge >= 0.3 is 0 Å². The summed E-state index contributed by atoms with van der Waals surface area (Å²) >= 11 is 12.7. The van der Waals surface area contributed by atoms with Gasteiger partial charge in [-0.25, -0.2) is 8.42 Å². The summed E-state index contributed by atoms with van der Waals surface area (Å²) in [6.45, 7) is 5.91. The Kier molecular flexibility index (Phi) is 11.4. The van der Waals surface area contributed by atoms with E-state index in [9.17, 15) is 18.0 Å². The Labute approximate surface area is 247 Å². The molecule has 0 bridgehead atoms. The third-order valence-electron chi connectivity index (χ3n) is 6.36. The first-order chi connectivity index (χ1) is 19.1. The summed E-state index contributed by atoms with van der Waals surface area (Å²) < 4.78 is 28.7. The number of halogens is 2. The molecule has 0 radical (unpaired) electrons. The number of hydrogen-bond acceptors (Lipinski definition) is 4. The molecule has 40 heavy (non-hydrogen) atoms. The molecule has 0 saturated carbocycles. The van der Waals surface area contributed by atoms with Gasteiger partial charge in [0.1, 0.15) is 12.6 Å². The van der Waals surface area contributed by atoms with Crippen LogP contribution in [-0.4, -0.2) is 50.8 Å². The maximum Gasteiger partial charge on any atom is 0.264 e. The van der Waals surface area contributed by atoms with Crippen molar-refractivity contribution in [1.82, 2.24) is 10.2 Å². The van der Waals surface area contributed by atoms with Crippen LogP contribution in [0.25, 0.3) is 0 Å². The van der Waals surface area contributed by atoms with Gasteiger partial charge in [-0.3, -0.25) is 13.9 Å². The summed E-state index contributed by atoms with van der Waals surface area (Å²) in [6, 6.07) is 21.2. The molecule has 3 aromatic carbocycles. The van der Waals surface area contributed by atoms with Crippen LogP contribution in [0.4, 0.5) is 5.69 Å². The smallest absolute Gasteiger partial charge is 0.264 e. The number of benzene rings is 3. The van der Waals surface area contributed by atoms with Crippen LogP contribution in [0.2, 0.25) is 10.0 Å². The number of amides is 2. The number of carbonyl (C=O) groups excluding carboxylic acids is 2. The third-order valence-corrected chi connectivity index (χ3v) is 8.95. The Morgan fingerprint density at radius 2 is 1.52 bits per heavy atom. The molecule has 3 rings (SSSR count). The predicted molar refractivity (Wildman–Crippen MR) is 161 cm³/mol. The maximum atomic E-state index is 14.0. The Hall–Kier alpha value is -3.07. The van der Waals surface area contributed by atoms with Crippen LogP contribution in [0.3, 0.4) is 0 Å². The van der Waals surface area contributed by atoms with E-state index in [1.54, 1.807) is 30.3 Å². The lowest BCUT2D eigenvalue weighted by molar-refractivity contribution is -0.139. The van der Waals surface area contributed by atoms with Crippen LogP contribution in [0, 0.1) is 5.92 Å². The SMILES string of the molecule is CC[C@@H](C(=O)NCC(C)C)N(CCc1ccccc1)C(=O)CN(c1cccc(Cl)c1Cl)S(=O)(=O)c1ccccc1. The van der Waals surface area contributed by atoms with Gasteiger partial charge in [0.2, 0.25) is 11.8 Å². The van der Waals surface area contributed by atoms with Gasteiger partial charge in [-0.1, -0.05) is 98.6 Å². The molecule has 0 fully saturated rings. The number of nitrogens with zero attached hydrogens (tertiary/aromatic N) is 2. The molecule has 0 saturated heterocycles. The fraction of sp³-hybridized carbons (Fsp3) is 0.333.